The van der Waals surface area contributed by atoms with E-state index in [1.54, 1.807) is 6.92 Å². The summed E-state index contributed by atoms with van der Waals surface area (Å²) in [6, 6.07) is 0. The molecular formula is C16H30O4. The van der Waals surface area contributed by atoms with E-state index in [2.05, 4.69) is 27.7 Å². The Kier molecular flexibility index (Phi) is 9.26. The molecule has 0 radical (unpaired) electrons. The maximum Gasteiger partial charge on any atom is 0.309 e. The number of esters is 1. The van der Waals surface area contributed by atoms with Crippen LogP contribution in [-0.4, -0.2) is 23.7 Å². The second-order valence-electron chi connectivity index (χ2n) is 6.25. The Balaban J connectivity index is 4.88. The number of carboxylic acid groups (broad SMARTS) is 1. The molecule has 0 fully saturated rings. The summed E-state index contributed by atoms with van der Waals surface area (Å²) in [7, 11) is 0. The van der Waals surface area contributed by atoms with Gasteiger partial charge in [0, 0.05) is 0 Å². The van der Waals surface area contributed by atoms with Crippen LogP contribution in [-0.2, 0) is 14.3 Å². The first-order valence-electron chi connectivity index (χ1n) is 7.68. The number of hydrogen-bond donors (Lipinski definition) is 1. The maximum absolute atomic E-state index is 12.1. The number of aliphatic carboxylic acids is 1. The Hall–Kier alpha value is -1.06. The quantitative estimate of drug-likeness (QED) is 0.621. The summed E-state index contributed by atoms with van der Waals surface area (Å²) in [6.45, 7) is 10.3. The predicted octanol–water partition coefficient (Wildman–Crippen LogP) is 3.74. The number of carbonyl (C=O) groups is 2. The monoisotopic (exact) mass is 286 g/mol. The normalized spacial score (nSPS) is 14.3. The molecule has 20 heavy (non-hydrogen) atoms. The first-order chi connectivity index (χ1) is 9.29. The van der Waals surface area contributed by atoms with Crippen molar-refractivity contribution in [3.05, 3.63) is 0 Å². The fourth-order valence-corrected chi connectivity index (χ4v) is 2.26. The molecule has 0 saturated heterocycles. The van der Waals surface area contributed by atoms with Crippen molar-refractivity contribution in [3.8, 4) is 0 Å². The van der Waals surface area contributed by atoms with Gasteiger partial charge in [-0.3, -0.25) is 9.59 Å². The summed E-state index contributed by atoms with van der Waals surface area (Å²) in [4.78, 5) is 23.6. The van der Waals surface area contributed by atoms with Crippen molar-refractivity contribution < 1.29 is 19.4 Å². The summed E-state index contributed by atoms with van der Waals surface area (Å²) in [5.41, 5.74) is 0. The van der Waals surface area contributed by atoms with Crippen molar-refractivity contribution in [2.75, 3.05) is 6.61 Å². The molecule has 0 aliphatic heterocycles. The van der Waals surface area contributed by atoms with Crippen LogP contribution in [0.2, 0.25) is 0 Å². The Morgan fingerprint density at radius 1 is 0.900 bits per heavy atom. The van der Waals surface area contributed by atoms with Crippen LogP contribution < -0.4 is 0 Å². The van der Waals surface area contributed by atoms with Crippen molar-refractivity contribution >= 4 is 11.9 Å². The molecule has 0 rings (SSSR count). The molecule has 4 heteroatoms. The Bertz CT molecular complexity index is 297. The molecule has 0 saturated carbocycles. The van der Waals surface area contributed by atoms with Gasteiger partial charge in [-0.1, -0.05) is 40.5 Å². The van der Waals surface area contributed by atoms with Gasteiger partial charge in [-0.2, -0.15) is 0 Å². The molecule has 0 aliphatic carbocycles. The van der Waals surface area contributed by atoms with Gasteiger partial charge in [-0.15, -0.1) is 0 Å². The van der Waals surface area contributed by atoms with Crippen molar-refractivity contribution in [2.45, 2.75) is 60.3 Å². The zero-order valence-electron chi connectivity index (χ0n) is 13.5. The van der Waals surface area contributed by atoms with Gasteiger partial charge in [0.15, 0.2) is 0 Å². The molecule has 1 N–H and O–H groups in total. The standard InChI is InChI=1S/C16H30O4/c1-6-20-16(19)14(10-8-12(4)5)13(15(17)18)9-7-11(2)3/h11-14H,6-10H2,1-5H3,(H,17,18). The molecule has 0 amide bonds. The largest absolute Gasteiger partial charge is 0.481 e. The molecule has 0 aliphatic rings. The minimum Gasteiger partial charge on any atom is -0.481 e. The van der Waals surface area contributed by atoms with Crippen LogP contribution in [0, 0.1) is 23.7 Å². The highest BCUT2D eigenvalue weighted by atomic mass is 16.5. The summed E-state index contributed by atoms with van der Waals surface area (Å²) >= 11 is 0. The van der Waals surface area contributed by atoms with Gasteiger partial charge in [0.05, 0.1) is 18.4 Å². The average Bonchev–Trinajstić information content (AvgIpc) is 2.32. The summed E-state index contributed by atoms with van der Waals surface area (Å²) in [6.07, 6.45) is 2.78. The second-order valence-corrected chi connectivity index (χ2v) is 6.25. The first kappa shape index (κ1) is 18.9. The number of carboxylic acids is 1. The molecule has 0 heterocycles. The minimum atomic E-state index is -0.882. The molecule has 0 spiro atoms. The van der Waals surface area contributed by atoms with Crippen LogP contribution in [0.4, 0.5) is 0 Å². The van der Waals surface area contributed by atoms with Crippen LogP contribution >= 0.6 is 0 Å². The van der Waals surface area contributed by atoms with E-state index in [4.69, 9.17) is 4.74 Å². The average molecular weight is 286 g/mol. The highest BCUT2D eigenvalue weighted by Gasteiger charge is 2.34. The highest BCUT2D eigenvalue weighted by Crippen LogP contribution is 2.27. The van der Waals surface area contributed by atoms with Gasteiger partial charge in [0.1, 0.15) is 0 Å². The van der Waals surface area contributed by atoms with Gasteiger partial charge in [-0.25, -0.2) is 0 Å². The van der Waals surface area contributed by atoms with Gasteiger partial charge < -0.3 is 9.84 Å². The summed E-state index contributed by atoms with van der Waals surface area (Å²) < 4.78 is 5.07. The van der Waals surface area contributed by atoms with E-state index in [0.717, 1.165) is 12.8 Å². The molecule has 0 bridgehead atoms. The lowest BCUT2D eigenvalue weighted by Crippen LogP contribution is -2.32. The van der Waals surface area contributed by atoms with Crippen LogP contribution in [0.25, 0.3) is 0 Å². The third kappa shape index (κ3) is 7.51. The number of hydrogen-bond acceptors (Lipinski definition) is 3. The molecular weight excluding hydrogens is 256 g/mol. The van der Waals surface area contributed by atoms with Gasteiger partial charge in [0.2, 0.25) is 0 Å². The van der Waals surface area contributed by atoms with Gasteiger partial charge in [0.25, 0.3) is 0 Å². The molecule has 0 aromatic carbocycles. The first-order valence-corrected chi connectivity index (χ1v) is 7.68. The van der Waals surface area contributed by atoms with Crippen molar-refractivity contribution in [1.82, 2.24) is 0 Å². The lowest BCUT2D eigenvalue weighted by Gasteiger charge is -2.23. The van der Waals surface area contributed by atoms with E-state index in [1.807, 2.05) is 0 Å². The molecule has 0 aromatic rings. The van der Waals surface area contributed by atoms with Crippen molar-refractivity contribution in [2.24, 2.45) is 23.7 Å². The summed E-state index contributed by atoms with van der Waals surface area (Å²) in [5, 5.41) is 9.43. The van der Waals surface area contributed by atoms with E-state index in [-0.39, 0.29) is 5.97 Å². The van der Waals surface area contributed by atoms with Crippen LogP contribution in [0.15, 0.2) is 0 Å². The third-order valence-corrected chi connectivity index (χ3v) is 3.50. The Morgan fingerprint density at radius 2 is 1.35 bits per heavy atom. The lowest BCUT2D eigenvalue weighted by molar-refractivity contribution is -0.158. The zero-order valence-corrected chi connectivity index (χ0v) is 13.5. The minimum absolute atomic E-state index is 0.299. The summed E-state index contributed by atoms with van der Waals surface area (Å²) in [5.74, 6) is -1.50. The van der Waals surface area contributed by atoms with Crippen LogP contribution in [0.5, 0.6) is 0 Å². The topological polar surface area (TPSA) is 63.6 Å². The molecule has 2 unspecified atom stereocenters. The maximum atomic E-state index is 12.1. The number of ether oxygens (including phenoxy) is 1. The molecule has 2 atom stereocenters. The van der Waals surface area contributed by atoms with E-state index in [1.165, 1.54) is 0 Å². The van der Waals surface area contributed by atoms with Crippen molar-refractivity contribution in [3.63, 3.8) is 0 Å². The Morgan fingerprint density at radius 3 is 1.70 bits per heavy atom. The van der Waals surface area contributed by atoms with Gasteiger partial charge >= 0.3 is 11.9 Å². The van der Waals surface area contributed by atoms with Gasteiger partial charge in [-0.05, 0) is 31.6 Å². The molecule has 118 valence electrons. The zero-order chi connectivity index (χ0) is 15.7. The molecule has 4 nitrogen and oxygen atoms in total. The van der Waals surface area contributed by atoms with E-state index < -0.39 is 17.8 Å². The van der Waals surface area contributed by atoms with Crippen LogP contribution in [0.1, 0.15) is 60.3 Å². The third-order valence-electron chi connectivity index (χ3n) is 3.50. The fourth-order valence-electron chi connectivity index (χ4n) is 2.26. The second kappa shape index (κ2) is 9.78. The Labute approximate surface area is 122 Å². The molecule has 0 aromatic heterocycles. The predicted molar refractivity (Wildman–Crippen MR) is 79.4 cm³/mol. The van der Waals surface area contributed by atoms with E-state index in [9.17, 15) is 14.7 Å². The smallest absolute Gasteiger partial charge is 0.309 e. The lowest BCUT2D eigenvalue weighted by atomic mass is 9.82. The van der Waals surface area contributed by atoms with Crippen molar-refractivity contribution in [1.29, 1.82) is 0 Å². The highest BCUT2D eigenvalue weighted by molar-refractivity contribution is 5.81. The fraction of sp³-hybridized carbons (Fsp3) is 0.875. The number of rotatable bonds is 10. The van der Waals surface area contributed by atoms with E-state index in [0.29, 0.717) is 31.3 Å². The SMILES string of the molecule is CCOC(=O)C(CCC(C)C)C(CCC(C)C)C(=O)O. The van der Waals surface area contributed by atoms with E-state index >= 15 is 0 Å². The van der Waals surface area contributed by atoms with Crippen LogP contribution in [0.3, 0.4) is 0 Å². The number of carbonyl (C=O) groups excluding carboxylic acids is 1.